The lowest BCUT2D eigenvalue weighted by Gasteiger charge is -2.22. The fourth-order valence-corrected chi connectivity index (χ4v) is 1.18. The van der Waals surface area contributed by atoms with E-state index in [-0.39, 0.29) is 11.7 Å². The molecule has 1 aliphatic rings. The first-order valence-electron chi connectivity index (χ1n) is 5.50. The molecule has 3 nitrogen and oxygen atoms in total. The largest absolute Gasteiger partial charge is 0.389 e. The predicted molar refractivity (Wildman–Crippen MR) is 57.3 cm³/mol. The summed E-state index contributed by atoms with van der Waals surface area (Å²) >= 11 is 0. The first-order chi connectivity index (χ1) is 6.47. The normalized spacial score (nSPS) is 19.7. The van der Waals surface area contributed by atoms with Gasteiger partial charge in [-0.2, -0.15) is 0 Å². The summed E-state index contributed by atoms with van der Waals surface area (Å²) in [6, 6.07) is 0. The van der Waals surface area contributed by atoms with E-state index in [1.165, 1.54) is 12.8 Å². The van der Waals surface area contributed by atoms with Gasteiger partial charge in [-0.3, -0.25) is 0 Å². The van der Waals surface area contributed by atoms with Crippen molar-refractivity contribution in [2.24, 2.45) is 5.92 Å². The van der Waals surface area contributed by atoms with Crippen LogP contribution in [0.4, 0.5) is 0 Å². The maximum absolute atomic E-state index is 9.56. The van der Waals surface area contributed by atoms with Crippen molar-refractivity contribution in [2.45, 2.75) is 45.3 Å². The zero-order chi connectivity index (χ0) is 10.6. The Balaban J connectivity index is 1.94. The minimum atomic E-state index is -0.382. The van der Waals surface area contributed by atoms with Crippen molar-refractivity contribution in [1.82, 2.24) is 5.32 Å². The minimum absolute atomic E-state index is 0.155. The van der Waals surface area contributed by atoms with Gasteiger partial charge in [-0.25, -0.2) is 0 Å². The van der Waals surface area contributed by atoms with Crippen LogP contribution in [-0.4, -0.2) is 36.5 Å². The Morgan fingerprint density at radius 2 is 2.07 bits per heavy atom. The maximum atomic E-state index is 9.56. The molecule has 84 valence electrons. The Morgan fingerprint density at radius 3 is 2.57 bits per heavy atom. The molecule has 1 unspecified atom stereocenters. The molecule has 0 aliphatic heterocycles. The number of nitrogens with one attached hydrogen (secondary N) is 1. The highest BCUT2D eigenvalue weighted by Gasteiger charge is 2.21. The van der Waals surface area contributed by atoms with E-state index in [2.05, 4.69) is 5.32 Å². The van der Waals surface area contributed by atoms with Gasteiger partial charge in [-0.1, -0.05) is 0 Å². The van der Waals surface area contributed by atoms with Crippen molar-refractivity contribution in [2.75, 3.05) is 19.7 Å². The summed E-state index contributed by atoms with van der Waals surface area (Å²) < 4.78 is 5.47. The zero-order valence-electron chi connectivity index (χ0n) is 9.55. The first kappa shape index (κ1) is 12.0. The molecule has 14 heavy (non-hydrogen) atoms. The number of hydrogen-bond acceptors (Lipinski definition) is 3. The van der Waals surface area contributed by atoms with E-state index in [1.54, 1.807) is 0 Å². The molecule has 0 aromatic rings. The van der Waals surface area contributed by atoms with Gasteiger partial charge in [0.2, 0.25) is 0 Å². The molecule has 1 aliphatic carbocycles. The summed E-state index contributed by atoms with van der Waals surface area (Å²) in [6.07, 6.45) is 2.32. The molecular formula is C11H23NO2. The quantitative estimate of drug-likeness (QED) is 0.677. The molecule has 0 amide bonds. The van der Waals surface area contributed by atoms with Crippen molar-refractivity contribution < 1.29 is 9.84 Å². The van der Waals surface area contributed by atoms with Crippen LogP contribution in [0.1, 0.15) is 33.6 Å². The van der Waals surface area contributed by atoms with Gasteiger partial charge in [0.05, 0.1) is 18.3 Å². The van der Waals surface area contributed by atoms with Gasteiger partial charge in [-0.15, -0.1) is 0 Å². The zero-order valence-corrected chi connectivity index (χ0v) is 9.55. The molecule has 2 N–H and O–H groups in total. The van der Waals surface area contributed by atoms with E-state index in [0.29, 0.717) is 13.2 Å². The van der Waals surface area contributed by atoms with Crippen LogP contribution < -0.4 is 5.32 Å². The van der Waals surface area contributed by atoms with Gasteiger partial charge in [-0.05, 0) is 46.1 Å². The molecule has 1 rings (SSSR count). The summed E-state index contributed by atoms with van der Waals surface area (Å²) in [5.41, 5.74) is -0.155. The van der Waals surface area contributed by atoms with Crippen molar-refractivity contribution in [3.8, 4) is 0 Å². The highest BCUT2D eigenvalue weighted by Crippen LogP contribution is 2.27. The van der Waals surface area contributed by atoms with Gasteiger partial charge >= 0.3 is 0 Å². The van der Waals surface area contributed by atoms with Gasteiger partial charge < -0.3 is 15.2 Å². The van der Waals surface area contributed by atoms with Gasteiger partial charge in [0.1, 0.15) is 0 Å². The second-order valence-corrected chi connectivity index (χ2v) is 5.18. The second-order valence-electron chi connectivity index (χ2n) is 5.18. The molecule has 1 fully saturated rings. The Bertz CT molecular complexity index is 161. The van der Waals surface area contributed by atoms with Crippen LogP contribution in [0.25, 0.3) is 0 Å². The maximum Gasteiger partial charge on any atom is 0.0897 e. The summed E-state index contributed by atoms with van der Waals surface area (Å²) in [7, 11) is 0. The second kappa shape index (κ2) is 5.10. The lowest BCUT2D eigenvalue weighted by molar-refractivity contribution is -0.0478. The summed E-state index contributed by atoms with van der Waals surface area (Å²) in [4.78, 5) is 0. The highest BCUT2D eigenvalue weighted by molar-refractivity contribution is 4.76. The molecule has 1 atom stereocenters. The molecule has 0 aromatic carbocycles. The first-order valence-corrected chi connectivity index (χ1v) is 5.50. The Kier molecular flexibility index (Phi) is 4.35. The highest BCUT2D eigenvalue weighted by atomic mass is 16.5. The van der Waals surface area contributed by atoms with Crippen LogP contribution in [0.3, 0.4) is 0 Å². The molecule has 0 aromatic heterocycles. The van der Waals surface area contributed by atoms with Crippen molar-refractivity contribution in [3.05, 3.63) is 0 Å². The topological polar surface area (TPSA) is 41.5 Å². The smallest absolute Gasteiger partial charge is 0.0897 e. The third-order valence-electron chi connectivity index (χ3n) is 2.22. The van der Waals surface area contributed by atoms with Crippen LogP contribution in [0, 0.1) is 5.92 Å². The molecule has 0 spiro atoms. The molecule has 1 saturated carbocycles. The fourth-order valence-electron chi connectivity index (χ4n) is 1.18. The van der Waals surface area contributed by atoms with E-state index in [4.69, 9.17) is 4.74 Å². The SMILES string of the molecule is CC(C)(C)OCC(O)CNCC1CC1. The predicted octanol–water partition coefficient (Wildman–Crippen LogP) is 1.16. The molecule has 3 heteroatoms. The van der Waals surface area contributed by atoms with Gasteiger partial charge in [0.15, 0.2) is 0 Å². The number of aliphatic hydroxyl groups excluding tert-OH is 1. The summed E-state index contributed by atoms with van der Waals surface area (Å²) in [5, 5.41) is 12.8. The summed E-state index contributed by atoms with van der Waals surface area (Å²) in [6.45, 7) is 8.10. The fraction of sp³-hybridized carbons (Fsp3) is 1.00. The standard InChI is InChI=1S/C11H23NO2/c1-11(2,3)14-8-10(13)7-12-6-9-4-5-9/h9-10,12-13H,4-8H2,1-3H3. The van der Waals surface area contributed by atoms with E-state index in [1.807, 2.05) is 20.8 Å². The average molecular weight is 201 g/mol. The molecule has 0 radical (unpaired) electrons. The van der Waals surface area contributed by atoms with E-state index in [0.717, 1.165) is 12.5 Å². The summed E-state index contributed by atoms with van der Waals surface area (Å²) in [5.74, 6) is 0.866. The van der Waals surface area contributed by atoms with E-state index in [9.17, 15) is 5.11 Å². The van der Waals surface area contributed by atoms with Gasteiger partial charge in [0, 0.05) is 6.54 Å². The number of rotatable bonds is 6. The molecule has 0 heterocycles. The van der Waals surface area contributed by atoms with E-state index < -0.39 is 0 Å². The molecular weight excluding hydrogens is 178 g/mol. The van der Waals surface area contributed by atoms with Crippen LogP contribution in [0.15, 0.2) is 0 Å². The lowest BCUT2D eigenvalue weighted by atomic mass is 10.2. The average Bonchev–Trinajstić information content (AvgIpc) is 2.83. The van der Waals surface area contributed by atoms with Crippen LogP contribution in [-0.2, 0) is 4.74 Å². The number of ether oxygens (including phenoxy) is 1. The lowest BCUT2D eigenvalue weighted by Crippen LogP contribution is -2.34. The van der Waals surface area contributed by atoms with Gasteiger partial charge in [0.25, 0.3) is 0 Å². The van der Waals surface area contributed by atoms with Crippen molar-refractivity contribution in [1.29, 1.82) is 0 Å². The minimum Gasteiger partial charge on any atom is -0.389 e. The van der Waals surface area contributed by atoms with Crippen LogP contribution in [0.2, 0.25) is 0 Å². The van der Waals surface area contributed by atoms with Crippen molar-refractivity contribution >= 4 is 0 Å². The van der Waals surface area contributed by atoms with Crippen LogP contribution >= 0.6 is 0 Å². The molecule has 0 bridgehead atoms. The molecule has 0 saturated heterocycles. The van der Waals surface area contributed by atoms with Crippen molar-refractivity contribution in [3.63, 3.8) is 0 Å². The van der Waals surface area contributed by atoms with Crippen LogP contribution in [0.5, 0.6) is 0 Å². The van der Waals surface area contributed by atoms with E-state index >= 15 is 0 Å². The third kappa shape index (κ3) is 6.35. The number of hydrogen-bond donors (Lipinski definition) is 2. The Labute approximate surface area is 86.8 Å². The monoisotopic (exact) mass is 201 g/mol. The Morgan fingerprint density at radius 1 is 1.43 bits per heavy atom. The third-order valence-corrected chi connectivity index (χ3v) is 2.22. The number of aliphatic hydroxyl groups is 1. The Hall–Kier alpha value is -0.120.